The molecule has 1 aliphatic rings. The zero-order chi connectivity index (χ0) is 10.4. The molecule has 0 spiro atoms. The Hall–Kier alpha value is -0.810. The van der Waals surface area contributed by atoms with E-state index in [4.69, 9.17) is 10.6 Å². The quantitative estimate of drug-likeness (QED) is 0.269. The van der Waals surface area contributed by atoms with Gasteiger partial charge < -0.3 is 9.64 Å². The first-order valence-corrected chi connectivity index (χ1v) is 5.15. The molecular weight excluding hydrogens is 180 g/mol. The van der Waals surface area contributed by atoms with E-state index in [1.54, 1.807) is 0 Å². The first-order chi connectivity index (χ1) is 6.79. The van der Waals surface area contributed by atoms with Crippen molar-refractivity contribution in [2.75, 3.05) is 26.3 Å². The van der Waals surface area contributed by atoms with E-state index in [0.717, 1.165) is 38.7 Å². The molecule has 1 atom stereocenters. The van der Waals surface area contributed by atoms with Crippen LogP contribution in [0.1, 0.15) is 20.3 Å². The van der Waals surface area contributed by atoms with Gasteiger partial charge in [0.15, 0.2) is 0 Å². The molecule has 5 nitrogen and oxygen atoms in total. The number of hydrogen-bond acceptors (Lipinski definition) is 3. The second kappa shape index (κ2) is 5.82. The molecule has 0 aromatic heterocycles. The highest BCUT2D eigenvalue weighted by atomic mass is 16.5. The van der Waals surface area contributed by atoms with Gasteiger partial charge in [0, 0.05) is 19.7 Å². The van der Waals surface area contributed by atoms with Gasteiger partial charge in [0.05, 0.1) is 12.6 Å². The van der Waals surface area contributed by atoms with Gasteiger partial charge in [0.1, 0.15) is 0 Å². The summed E-state index contributed by atoms with van der Waals surface area (Å²) < 4.78 is 5.44. The van der Waals surface area contributed by atoms with Gasteiger partial charge in [-0.1, -0.05) is 0 Å². The number of nitrogens with two attached hydrogens (primary N) is 1. The Morgan fingerprint density at radius 3 is 3.14 bits per heavy atom. The molecule has 14 heavy (non-hydrogen) atoms. The molecule has 0 aliphatic carbocycles. The second-order valence-corrected chi connectivity index (χ2v) is 3.41. The van der Waals surface area contributed by atoms with Gasteiger partial charge in [-0.3, -0.25) is 10.4 Å². The summed E-state index contributed by atoms with van der Waals surface area (Å²) in [6.07, 6.45) is 1.02. The van der Waals surface area contributed by atoms with Crippen LogP contribution in [0, 0.1) is 0 Å². The lowest BCUT2D eigenvalue weighted by molar-refractivity contribution is 0.123. The molecule has 1 aliphatic heterocycles. The Bertz CT molecular complexity index is 195. The Balaban J connectivity index is 2.65. The van der Waals surface area contributed by atoms with Crippen LogP contribution in [-0.4, -0.2) is 43.2 Å². The number of rotatable bonds is 1. The number of guanidine groups is 1. The molecule has 3 N–H and O–H groups in total. The van der Waals surface area contributed by atoms with Crippen molar-refractivity contribution in [2.24, 2.45) is 10.8 Å². The van der Waals surface area contributed by atoms with E-state index >= 15 is 0 Å². The molecule has 5 heteroatoms. The summed E-state index contributed by atoms with van der Waals surface area (Å²) in [5, 5.41) is 0. The first-order valence-electron chi connectivity index (χ1n) is 5.15. The molecule has 82 valence electrons. The molecule has 0 aromatic rings. The zero-order valence-corrected chi connectivity index (χ0v) is 8.99. The van der Waals surface area contributed by atoms with Gasteiger partial charge in [-0.05, 0) is 20.3 Å². The van der Waals surface area contributed by atoms with Crippen LogP contribution >= 0.6 is 0 Å². The van der Waals surface area contributed by atoms with Crippen LogP contribution in [-0.2, 0) is 4.74 Å². The number of nitrogens with one attached hydrogen (secondary N) is 1. The predicted molar refractivity (Wildman–Crippen MR) is 56.9 cm³/mol. The van der Waals surface area contributed by atoms with Crippen LogP contribution in [0.5, 0.6) is 0 Å². The fourth-order valence-electron chi connectivity index (χ4n) is 1.59. The Morgan fingerprint density at radius 1 is 1.71 bits per heavy atom. The smallest absolute Gasteiger partial charge is 0.208 e. The van der Waals surface area contributed by atoms with Gasteiger partial charge in [0.2, 0.25) is 5.96 Å². The third-order valence-corrected chi connectivity index (χ3v) is 2.29. The van der Waals surface area contributed by atoms with Crippen molar-refractivity contribution in [3.8, 4) is 0 Å². The van der Waals surface area contributed by atoms with Crippen LogP contribution < -0.4 is 11.3 Å². The van der Waals surface area contributed by atoms with Gasteiger partial charge in [-0.15, -0.1) is 0 Å². The average molecular weight is 200 g/mol. The minimum absolute atomic E-state index is 0.332. The van der Waals surface area contributed by atoms with Crippen LogP contribution in [0.15, 0.2) is 4.99 Å². The van der Waals surface area contributed by atoms with Crippen LogP contribution in [0.2, 0.25) is 0 Å². The fourth-order valence-corrected chi connectivity index (χ4v) is 1.59. The highest BCUT2D eigenvalue weighted by molar-refractivity contribution is 5.79. The molecule has 1 rings (SSSR count). The van der Waals surface area contributed by atoms with Crippen LogP contribution in [0.25, 0.3) is 0 Å². The maximum absolute atomic E-state index is 5.44. The van der Waals surface area contributed by atoms with E-state index in [2.05, 4.69) is 22.2 Å². The summed E-state index contributed by atoms with van der Waals surface area (Å²) >= 11 is 0. The van der Waals surface area contributed by atoms with Crippen LogP contribution in [0.4, 0.5) is 0 Å². The van der Waals surface area contributed by atoms with Crippen molar-refractivity contribution in [3.63, 3.8) is 0 Å². The SMILES string of the molecule is CCN=C(NN)N1CCCOCC1C. The normalized spacial score (nSPS) is 24.6. The lowest BCUT2D eigenvalue weighted by Crippen LogP contribution is -2.49. The third-order valence-electron chi connectivity index (χ3n) is 2.29. The molecule has 1 unspecified atom stereocenters. The topological polar surface area (TPSA) is 62.9 Å². The summed E-state index contributed by atoms with van der Waals surface area (Å²) in [5.41, 5.74) is 2.65. The molecule has 0 bridgehead atoms. The average Bonchev–Trinajstić information content (AvgIpc) is 2.40. The third kappa shape index (κ3) is 2.85. The summed E-state index contributed by atoms with van der Waals surface area (Å²) in [6, 6.07) is 0.332. The molecular formula is C9H20N4O. The molecule has 1 saturated heterocycles. The van der Waals surface area contributed by atoms with Crippen LogP contribution in [0.3, 0.4) is 0 Å². The van der Waals surface area contributed by atoms with Crippen molar-refractivity contribution >= 4 is 5.96 Å². The fraction of sp³-hybridized carbons (Fsp3) is 0.889. The standard InChI is InChI=1S/C9H20N4O/c1-3-11-9(12-10)13-5-4-6-14-7-8(13)2/h8H,3-7,10H2,1-2H3,(H,11,12). The Kier molecular flexibility index (Phi) is 4.69. The van der Waals surface area contributed by atoms with Gasteiger partial charge in [-0.25, -0.2) is 5.84 Å². The van der Waals surface area contributed by atoms with Crippen molar-refractivity contribution in [3.05, 3.63) is 0 Å². The summed E-state index contributed by atoms with van der Waals surface area (Å²) in [5.74, 6) is 6.21. The predicted octanol–water partition coefficient (Wildman–Crippen LogP) is -0.0636. The van der Waals surface area contributed by atoms with Crippen molar-refractivity contribution in [2.45, 2.75) is 26.3 Å². The monoisotopic (exact) mass is 200 g/mol. The minimum atomic E-state index is 0.332. The van der Waals surface area contributed by atoms with Gasteiger partial charge in [0.25, 0.3) is 0 Å². The largest absolute Gasteiger partial charge is 0.379 e. The van der Waals surface area contributed by atoms with Gasteiger partial charge in [-0.2, -0.15) is 0 Å². The van der Waals surface area contributed by atoms with Gasteiger partial charge >= 0.3 is 0 Å². The number of ether oxygens (including phenoxy) is 1. The summed E-state index contributed by atoms with van der Waals surface area (Å²) in [7, 11) is 0. The molecule has 0 amide bonds. The Labute approximate surface area is 85.3 Å². The number of hydrazine groups is 1. The second-order valence-electron chi connectivity index (χ2n) is 3.41. The van der Waals surface area contributed by atoms with Crippen molar-refractivity contribution < 1.29 is 4.74 Å². The minimum Gasteiger partial charge on any atom is -0.379 e. The lowest BCUT2D eigenvalue weighted by Gasteiger charge is -2.28. The number of nitrogens with zero attached hydrogens (tertiary/aromatic N) is 2. The van der Waals surface area contributed by atoms with Crippen molar-refractivity contribution in [1.82, 2.24) is 10.3 Å². The zero-order valence-electron chi connectivity index (χ0n) is 8.99. The van der Waals surface area contributed by atoms with E-state index in [-0.39, 0.29) is 0 Å². The number of aliphatic imine (C=N–C) groups is 1. The number of hydrogen-bond donors (Lipinski definition) is 2. The summed E-state index contributed by atoms with van der Waals surface area (Å²) in [4.78, 5) is 6.47. The molecule has 0 saturated carbocycles. The van der Waals surface area contributed by atoms with E-state index in [1.807, 2.05) is 6.92 Å². The molecule has 1 heterocycles. The molecule has 0 aromatic carbocycles. The lowest BCUT2D eigenvalue weighted by atomic mass is 10.3. The highest BCUT2D eigenvalue weighted by Gasteiger charge is 2.19. The first kappa shape index (κ1) is 11.3. The maximum atomic E-state index is 5.44. The Morgan fingerprint density at radius 2 is 2.50 bits per heavy atom. The van der Waals surface area contributed by atoms with E-state index in [0.29, 0.717) is 6.04 Å². The molecule has 0 radical (unpaired) electrons. The van der Waals surface area contributed by atoms with Crippen molar-refractivity contribution in [1.29, 1.82) is 0 Å². The van der Waals surface area contributed by atoms with E-state index in [9.17, 15) is 0 Å². The summed E-state index contributed by atoms with van der Waals surface area (Å²) in [6.45, 7) is 7.37. The highest BCUT2D eigenvalue weighted by Crippen LogP contribution is 2.06. The maximum Gasteiger partial charge on any atom is 0.208 e. The van der Waals surface area contributed by atoms with E-state index < -0.39 is 0 Å². The molecule has 1 fully saturated rings. The van der Waals surface area contributed by atoms with E-state index in [1.165, 1.54) is 0 Å².